The highest BCUT2D eigenvalue weighted by Crippen LogP contribution is 2.47. The monoisotopic (exact) mass is 265 g/mol. The molecule has 3 atom stereocenters. The van der Waals surface area contributed by atoms with E-state index in [4.69, 9.17) is 9.47 Å². The topological polar surface area (TPSA) is 71.0 Å². The van der Waals surface area contributed by atoms with Gasteiger partial charge in [0.1, 0.15) is 18.0 Å². The number of hydrogen-bond donors (Lipinski definition) is 3. The number of anilines is 1. The second-order valence-electron chi connectivity index (χ2n) is 5.56. The molecule has 5 heteroatoms. The SMILES string of the molecule is CC1(C)O[C@H]2[C@H](CCO)Nc3ccc(O)cc3[C@@H]2O1. The molecule has 1 aromatic rings. The Hall–Kier alpha value is -1.30. The van der Waals surface area contributed by atoms with Crippen molar-refractivity contribution in [1.29, 1.82) is 0 Å². The Labute approximate surface area is 112 Å². The zero-order valence-corrected chi connectivity index (χ0v) is 11.1. The Morgan fingerprint density at radius 3 is 2.84 bits per heavy atom. The lowest BCUT2D eigenvalue weighted by molar-refractivity contribution is -0.147. The molecule has 0 spiro atoms. The molecule has 2 aliphatic heterocycles. The molecular formula is C14H19NO4. The second kappa shape index (κ2) is 4.37. The van der Waals surface area contributed by atoms with E-state index in [9.17, 15) is 10.2 Å². The fourth-order valence-corrected chi connectivity index (χ4v) is 2.90. The molecule has 19 heavy (non-hydrogen) atoms. The highest BCUT2D eigenvalue weighted by Gasteiger charge is 2.48. The maximum absolute atomic E-state index is 9.64. The number of ether oxygens (including phenoxy) is 2. The first-order chi connectivity index (χ1) is 9.00. The van der Waals surface area contributed by atoms with Crippen molar-refractivity contribution in [2.45, 2.75) is 44.3 Å². The van der Waals surface area contributed by atoms with Crippen molar-refractivity contribution in [3.05, 3.63) is 23.8 Å². The minimum Gasteiger partial charge on any atom is -0.508 e. The Kier molecular flexibility index (Phi) is 2.92. The van der Waals surface area contributed by atoms with E-state index in [0.29, 0.717) is 6.42 Å². The molecule has 0 aliphatic carbocycles. The molecule has 2 heterocycles. The van der Waals surface area contributed by atoms with Crippen LogP contribution in [0, 0.1) is 0 Å². The van der Waals surface area contributed by atoms with Gasteiger partial charge in [0.05, 0.1) is 6.04 Å². The Morgan fingerprint density at radius 1 is 1.32 bits per heavy atom. The van der Waals surface area contributed by atoms with Crippen LogP contribution in [0.1, 0.15) is 31.9 Å². The summed E-state index contributed by atoms with van der Waals surface area (Å²) >= 11 is 0. The summed E-state index contributed by atoms with van der Waals surface area (Å²) < 4.78 is 11.9. The first kappa shape index (κ1) is 12.7. The average Bonchev–Trinajstić information content (AvgIpc) is 2.66. The fourth-order valence-electron chi connectivity index (χ4n) is 2.90. The van der Waals surface area contributed by atoms with Crippen LogP contribution < -0.4 is 5.32 Å². The maximum atomic E-state index is 9.64. The lowest BCUT2D eigenvalue weighted by Gasteiger charge is -2.34. The van der Waals surface area contributed by atoms with E-state index in [0.717, 1.165) is 11.3 Å². The molecule has 3 rings (SSSR count). The van der Waals surface area contributed by atoms with Gasteiger partial charge in [0.15, 0.2) is 5.79 Å². The van der Waals surface area contributed by atoms with Gasteiger partial charge in [0, 0.05) is 17.9 Å². The largest absolute Gasteiger partial charge is 0.508 e. The predicted octanol–water partition coefficient (Wildman–Crippen LogP) is 1.76. The number of aliphatic hydroxyl groups is 1. The summed E-state index contributed by atoms with van der Waals surface area (Å²) in [6.45, 7) is 3.85. The van der Waals surface area contributed by atoms with Crippen LogP contribution in [-0.2, 0) is 9.47 Å². The van der Waals surface area contributed by atoms with Crippen LogP contribution in [-0.4, -0.2) is 34.8 Å². The van der Waals surface area contributed by atoms with Gasteiger partial charge in [-0.2, -0.15) is 0 Å². The third-order valence-electron chi connectivity index (χ3n) is 3.65. The third kappa shape index (κ3) is 2.18. The van der Waals surface area contributed by atoms with E-state index >= 15 is 0 Å². The number of aliphatic hydroxyl groups excluding tert-OH is 1. The van der Waals surface area contributed by atoms with Gasteiger partial charge in [-0.1, -0.05) is 0 Å². The molecule has 1 saturated heterocycles. The van der Waals surface area contributed by atoms with Crippen LogP contribution in [0.5, 0.6) is 5.75 Å². The zero-order chi connectivity index (χ0) is 13.6. The average molecular weight is 265 g/mol. The number of benzene rings is 1. The van der Waals surface area contributed by atoms with E-state index in [-0.39, 0.29) is 30.6 Å². The first-order valence-corrected chi connectivity index (χ1v) is 6.56. The van der Waals surface area contributed by atoms with E-state index < -0.39 is 5.79 Å². The molecule has 0 amide bonds. The van der Waals surface area contributed by atoms with Crippen molar-refractivity contribution in [3.63, 3.8) is 0 Å². The van der Waals surface area contributed by atoms with Crippen LogP contribution in [0.3, 0.4) is 0 Å². The molecule has 0 unspecified atom stereocenters. The van der Waals surface area contributed by atoms with Crippen molar-refractivity contribution >= 4 is 5.69 Å². The van der Waals surface area contributed by atoms with Crippen molar-refractivity contribution in [2.24, 2.45) is 0 Å². The van der Waals surface area contributed by atoms with Crippen molar-refractivity contribution < 1.29 is 19.7 Å². The number of phenols is 1. The summed E-state index contributed by atoms with van der Waals surface area (Å²) in [6.07, 6.45) is 0.229. The molecule has 104 valence electrons. The van der Waals surface area contributed by atoms with Crippen molar-refractivity contribution in [3.8, 4) is 5.75 Å². The molecule has 0 bridgehead atoms. The standard InChI is InChI=1S/C14H19NO4/c1-14(2)18-12-9-7-8(17)3-4-10(9)15-11(5-6-16)13(12)19-14/h3-4,7,11-13,15-17H,5-6H2,1-2H3/t11-,12-,13-/m0/s1. The number of aromatic hydroxyl groups is 1. The molecule has 0 saturated carbocycles. The smallest absolute Gasteiger partial charge is 0.164 e. The van der Waals surface area contributed by atoms with Gasteiger partial charge in [0.2, 0.25) is 0 Å². The summed E-state index contributed by atoms with van der Waals surface area (Å²) in [5.74, 6) is -0.439. The lowest BCUT2D eigenvalue weighted by atomic mass is 9.91. The van der Waals surface area contributed by atoms with Gasteiger partial charge in [-0.15, -0.1) is 0 Å². The van der Waals surface area contributed by atoms with Crippen LogP contribution in [0.4, 0.5) is 5.69 Å². The second-order valence-corrected chi connectivity index (χ2v) is 5.56. The van der Waals surface area contributed by atoms with E-state index in [1.807, 2.05) is 19.9 Å². The van der Waals surface area contributed by atoms with Crippen LogP contribution in [0.25, 0.3) is 0 Å². The van der Waals surface area contributed by atoms with Crippen LogP contribution >= 0.6 is 0 Å². The van der Waals surface area contributed by atoms with Crippen molar-refractivity contribution in [1.82, 2.24) is 0 Å². The molecule has 1 aromatic carbocycles. The number of nitrogens with one attached hydrogen (secondary N) is 1. The number of hydrogen-bond acceptors (Lipinski definition) is 5. The lowest BCUT2D eigenvalue weighted by Crippen LogP contribution is -2.42. The summed E-state index contributed by atoms with van der Waals surface area (Å²) in [5, 5.41) is 22.2. The summed E-state index contributed by atoms with van der Waals surface area (Å²) in [4.78, 5) is 0. The predicted molar refractivity (Wildman–Crippen MR) is 70.0 cm³/mol. The number of phenolic OH excluding ortho intramolecular Hbond substituents is 1. The summed E-state index contributed by atoms with van der Waals surface area (Å²) in [7, 11) is 0. The molecule has 0 radical (unpaired) electrons. The van der Waals surface area contributed by atoms with Gasteiger partial charge >= 0.3 is 0 Å². The third-order valence-corrected chi connectivity index (χ3v) is 3.65. The van der Waals surface area contributed by atoms with Gasteiger partial charge in [-0.3, -0.25) is 0 Å². The van der Waals surface area contributed by atoms with Crippen LogP contribution in [0.2, 0.25) is 0 Å². The number of fused-ring (bicyclic) bond motifs is 3. The molecule has 5 nitrogen and oxygen atoms in total. The van der Waals surface area contributed by atoms with Gasteiger partial charge < -0.3 is 25.0 Å². The molecule has 0 aromatic heterocycles. The van der Waals surface area contributed by atoms with Gasteiger partial charge in [-0.25, -0.2) is 0 Å². The van der Waals surface area contributed by atoms with E-state index in [1.54, 1.807) is 12.1 Å². The minimum absolute atomic E-state index is 0.00816. The van der Waals surface area contributed by atoms with E-state index in [1.165, 1.54) is 0 Å². The maximum Gasteiger partial charge on any atom is 0.164 e. The quantitative estimate of drug-likeness (QED) is 0.711. The fraction of sp³-hybridized carbons (Fsp3) is 0.571. The first-order valence-electron chi connectivity index (χ1n) is 6.56. The van der Waals surface area contributed by atoms with Gasteiger partial charge in [-0.05, 0) is 38.5 Å². The molecule has 1 fully saturated rings. The highest BCUT2D eigenvalue weighted by atomic mass is 16.8. The highest BCUT2D eigenvalue weighted by molar-refractivity contribution is 5.58. The van der Waals surface area contributed by atoms with Gasteiger partial charge in [0.25, 0.3) is 0 Å². The minimum atomic E-state index is -0.655. The number of rotatable bonds is 2. The van der Waals surface area contributed by atoms with Crippen LogP contribution in [0.15, 0.2) is 18.2 Å². The Bertz CT molecular complexity index is 488. The summed E-state index contributed by atoms with van der Waals surface area (Å²) in [5.41, 5.74) is 1.84. The zero-order valence-electron chi connectivity index (χ0n) is 11.1. The molecular weight excluding hydrogens is 246 g/mol. The van der Waals surface area contributed by atoms with Crippen molar-refractivity contribution in [2.75, 3.05) is 11.9 Å². The normalized spacial score (nSPS) is 31.4. The van der Waals surface area contributed by atoms with E-state index in [2.05, 4.69) is 5.32 Å². The Morgan fingerprint density at radius 2 is 2.11 bits per heavy atom. The molecule has 2 aliphatic rings. The molecule has 3 N–H and O–H groups in total. The Balaban J connectivity index is 2.00. The summed E-state index contributed by atoms with van der Waals surface area (Å²) in [6, 6.07) is 5.19.